The quantitative estimate of drug-likeness (QED) is 0.644. The van der Waals surface area contributed by atoms with Crippen molar-refractivity contribution in [3.05, 3.63) is 59.7 Å². The van der Waals surface area contributed by atoms with E-state index < -0.39 is 6.03 Å². The van der Waals surface area contributed by atoms with Gasteiger partial charge in [-0.05, 0) is 43.2 Å². The van der Waals surface area contributed by atoms with E-state index in [1.165, 1.54) is 5.56 Å². The summed E-state index contributed by atoms with van der Waals surface area (Å²) < 4.78 is 5.59. The normalized spacial score (nSPS) is 10.1. The number of benzene rings is 2. The van der Waals surface area contributed by atoms with E-state index >= 15 is 0 Å². The molecule has 25 heavy (non-hydrogen) atoms. The van der Waals surface area contributed by atoms with Crippen LogP contribution in [0.25, 0.3) is 0 Å². The number of carbonyl (C=O) groups is 2. The molecule has 3 amide bonds. The summed E-state index contributed by atoms with van der Waals surface area (Å²) >= 11 is 0. The zero-order valence-corrected chi connectivity index (χ0v) is 14.2. The summed E-state index contributed by atoms with van der Waals surface area (Å²) in [5.74, 6) is 0.794. The lowest BCUT2D eigenvalue weighted by Gasteiger charge is -2.08. The fourth-order valence-electron chi connectivity index (χ4n) is 2.19. The molecular formula is C19H23N3O3. The second-order valence-corrected chi connectivity index (χ2v) is 5.73. The van der Waals surface area contributed by atoms with E-state index in [1.807, 2.05) is 43.3 Å². The number of rotatable bonds is 8. The van der Waals surface area contributed by atoms with Gasteiger partial charge >= 0.3 is 6.03 Å². The summed E-state index contributed by atoms with van der Waals surface area (Å²) in [6.07, 6.45) is 1.06. The Morgan fingerprint density at radius 1 is 1.04 bits per heavy atom. The number of aryl methyl sites for hydroxylation is 1. The number of hydrogen-bond donors (Lipinski definition) is 3. The molecule has 0 aliphatic rings. The molecule has 0 aliphatic carbocycles. The Morgan fingerprint density at radius 3 is 2.36 bits per heavy atom. The number of nitrogens with one attached hydrogen (secondary N) is 2. The molecule has 132 valence electrons. The van der Waals surface area contributed by atoms with Crippen molar-refractivity contribution in [1.29, 1.82) is 0 Å². The molecule has 2 aromatic rings. The second kappa shape index (κ2) is 9.32. The Bertz CT molecular complexity index is 697. The van der Waals surface area contributed by atoms with Crippen LogP contribution in [0.1, 0.15) is 24.0 Å². The highest BCUT2D eigenvalue weighted by Crippen LogP contribution is 2.12. The van der Waals surface area contributed by atoms with Gasteiger partial charge in [-0.15, -0.1) is 0 Å². The first-order valence-corrected chi connectivity index (χ1v) is 8.14. The van der Waals surface area contributed by atoms with Crippen molar-refractivity contribution in [3.8, 4) is 5.75 Å². The van der Waals surface area contributed by atoms with Crippen LogP contribution in [0.2, 0.25) is 0 Å². The molecule has 0 saturated carbocycles. The van der Waals surface area contributed by atoms with Gasteiger partial charge in [0.2, 0.25) is 5.91 Å². The van der Waals surface area contributed by atoms with Crippen LogP contribution in [-0.4, -0.2) is 18.5 Å². The summed E-state index contributed by atoms with van der Waals surface area (Å²) in [5, 5.41) is 5.34. The van der Waals surface area contributed by atoms with Crippen LogP contribution < -0.4 is 21.1 Å². The molecule has 0 bridgehead atoms. The molecule has 0 spiro atoms. The Labute approximate surface area is 147 Å². The third-order valence-electron chi connectivity index (χ3n) is 3.55. The number of ether oxygens (including phenoxy) is 1. The summed E-state index contributed by atoms with van der Waals surface area (Å²) in [4.78, 5) is 22.6. The highest BCUT2D eigenvalue weighted by Gasteiger charge is 2.03. The van der Waals surface area contributed by atoms with Gasteiger partial charge < -0.3 is 21.1 Å². The predicted octanol–water partition coefficient (Wildman–Crippen LogP) is 2.96. The lowest BCUT2D eigenvalue weighted by atomic mass is 10.2. The number of primary amides is 1. The number of carbonyl (C=O) groups excluding carboxylic acids is 2. The van der Waals surface area contributed by atoms with Crippen molar-refractivity contribution in [2.75, 3.05) is 11.9 Å². The van der Waals surface area contributed by atoms with Gasteiger partial charge in [0.25, 0.3) is 0 Å². The maximum absolute atomic E-state index is 11.8. The molecule has 0 fully saturated rings. The summed E-state index contributed by atoms with van der Waals surface area (Å²) in [6.45, 7) is 2.97. The minimum Gasteiger partial charge on any atom is -0.494 e. The highest BCUT2D eigenvalue weighted by atomic mass is 16.5. The maximum Gasteiger partial charge on any atom is 0.316 e. The lowest BCUT2D eigenvalue weighted by Crippen LogP contribution is -2.23. The largest absolute Gasteiger partial charge is 0.494 e. The van der Waals surface area contributed by atoms with Gasteiger partial charge in [0.05, 0.1) is 6.61 Å². The molecule has 0 atom stereocenters. The van der Waals surface area contributed by atoms with E-state index in [-0.39, 0.29) is 5.91 Å². The molecule has 4 N–H and O–H groups in total. The molecular weight excluding hydrogens is 318 g/mol. The van der Waals surface area contributed by atoms with Gasteiger partial charge in [0.15, 0.2) is 0 Å². The zero-order chi connectivity index (χ0) is 18.1. The highest BCUT2D eigenvalue weighted by molar-refractivity contribution is 5.87. The van der Waals surface area contributed by atoms with Crippen molar-refractivity contribution in [3.63, 3.8) is 0 Å². The first kappa shape index (κ1) is 18.3. The SMILES string of the molecule is Cc1ccc(OCCCC(=O)NCc2ccc(NC(N)=O)cc2)cc1. The summed E-state index contributed by atoms with van der Waals surface area (Å²) in [6, 6.07) is 14.4. The third-order valence-corrected chi connectivity index (χ3v) is 3.55. The number of urea groups is 1. The van der Waals surface area contributed by atoms with Crippen LogP contribution in [0.15, 0.2) is 48.5 Å². The van der Waals surface area contributed by atoms with Crippen LogP contribution in [-0.2, 0) is 11.3 Å². The van der Waals surface area contributed by atoms with E-state index in [1.54, 1.807) is 12.1 Å². The third kappa shape index (κ3) is 6.95. The molecule has 0 aliphatic heterocycles. The molecule has 0 aromatic heterocycles. The van der Waals surface area contributed by atoms with E-state index in [4.69, 9.17) is 10.5 Å². The topological polar surface area (TPSA) is 93.4 Å². The van der Waals surface area contributed by atoms with Crippen molar-refractivity contribution in [1.82, 2.24) is 5.32 Å². The Balaban J connectivity index is 1.63. The van der Waals surface area contributed by atoms with Crippen LogP contribution in [0.4, 0.5) is 10.5 Å². The van der Waals surface area contributed by atoms with Crippen molar-refractivity contribution in [2.24, 2.45) is 5.73 Å². The maximum atomic E-state index is 11.8. The molecule has 0 unspecified atom stereocenters. The molecule has 6 heteroatoms. The molecule has 2 rings (SSSR count). The fourth-order valence-corrected chi connectivity index (χ4v) is 2.19. The van der Waals surface area contributed by atoms with E-state index in [0.717, 1.165) is 11.3 Å². The van der Waals surface area contributed by atoms with Crippen LogP contribution >= 0.6 is 0 Å². The molecule has 0 heterocycles. The molecule has 6 nitrogen and oxygen atoms in total. The van der Waals surface area contributed by atoms with E-state index in [0.29, 0.717) is 31.7 Å². The standard InChI is InChI=1S/C19H23N3O3/c1-14-4-10-17(11-5-14)25-12-2-3-18(23)21-13-15-6-8-16(9-7-15)22-19(20)24/h4-11H,2-3,12-13H2,1H3,(H,21,23)(H3,20,22,24). The zero-order valence-electron chi connectivity index (χ0n) is 14.2. The molecule has 0 saturated heterocycles. The average molecular weight is 341 g/mol. The Hall–Kier alpha value is -3.02. The smallest absolute Gasteiger partial charge is 0.316 e. The second-order valence-electron chi connectivity index (χ2n) is 5.73. The number of amides is 3. The minimum atomic E-state index is -0.603. The van der Waals surface area contributed by atoms with Gasteiger partial charge in [0, 0.05) is 18.7 Å². The van der Waals surface area contributed by atoms with Crippen LogP contribution in [0.5, 0.6) is 5.75 Å². The number of hydrogen-bond acceptors (Lipinski definition) is 3. The monoisotopic (exact) mass is 341 g/mol. The van der Waals surface area contributed by atoms with Crippen LogP contribution in [0, 0.1) is 6.92 Å². The average Bonchev–Trinajstić information content (AvgIpc) is 2.59. The molecule has 0 radical (unpaired) electrons. The van der Waals surface area contributed by atoms with Gasteiger partial charge in [-0.25, -0.2) is 4.79 Å². The van der Waals surface area contributed by atoms with Crippen molar-refractivity contribution in [2.45, 2.75) is 26.3 Å². The van der Waals surface area contributed by atoms with E-state index in [9.17, 15) is 9.59 Å². The van der Waals surface area contributed by atoms with Crippen LogP contribution in [0.3, 0.4) is 0 Å². The summed E-state index contributed by atoms with van der Waals surface area (Å²) in [7, 11) is 0. The van der Waals surface area contributed by atoms with Gasteiger partial charge in [-0.2, -0.15) is 0 Å². The number of anilines is 1. The van der Waals surface area contributed by atoms with E-state index in [2.05, 4.69) is 10.6 Å². The Morgan fingerprint density at radius 2 is 1.72 bits per heavy atom. The Kier molecular flexibility index (Phi) is 6.83. The fraction of sp³-hybridized carbons (Fsp3) is 0.263. The van der Waals surface area contributed by atoms with Crippen molar-refractivity contribution >= 4 is 17.6 Å². The lowest BCUT2D eigenvalue weighted by molar-refractivity contribution is -0.121. The summed E-state index contributed by atoms with van der Waals surface area (Å²) in [5.41, 5.74) is 7.80. The van der Waals surface area contributed by atoms with Crippen molar-refractivity contribution < 1.29 is 14.3 Å². The van der Waals surface area contributed by atoms with Gasteiger partial charge in [-0.1, -0.05) is 29.8 Å². The minimum absolute atomic E-state index is 0.0214. The van der Waals surface area contributed by atoms with Gasteiger partial charge in [-0.3, -0.25) is 4.79 Å². The number of nitrogens with two attached hydrogens (primary N) is 1. The first-order chi connectivity index (χ1) is 12.0. The molecule has 2 aromatic carbocycles. The van der Waals surface area contributed by atoms with Gasteiger partial charge in [0.1, 0.15) is 5.75 Å². The predicted molar refractivity (Wildman–Crippen MR) is 97.4 cm³/mol. The first-order valence-electron chi connectivity index (χ1n) is 8.14.